The molecule has 5 nitrogen and oxygen atoms in total. The summed E-state index contributed by atoms with van der Waals surface area (Å²) < 4.78 is 33.9. The van der Waals surface area contributed by atoms with Crippen molar-refractivity contribution >= 4 is 35.6 Å². The fourth-order valence-corrected chi connectivity index (χ4v) is 5.00. The molecule has 0 spiro atoms. The van der Waals surface area contributed by atoms with Crippen molar-refractivity contribution in [1.82, 2.24) is 10.6 Å². The number of guanidine groups is 1. The molecule has 2 saturated heterocycles. The van der Waals surface area contributed by atoms with Gasteiger partial charge >= 0.3 is 0 Å². The minimum atomic E-state index is -0.512. The normalized spacial score (nSPS) is 31.0. The van der Waals surface area contributed by atoms with Crippen LogP contribution in [0.2, 0.25) is 0 Å². The SMILES string of the molecule is CN=C(NC1CCN(c2c(F)cccc2F)C1)NC1C2CCOC2C1(C)C.I. The van der Waals surface area contributed by atoms with Gasteiger partial charge in [-0.15, -0.1) is 24.0 Å². The summed E-state index contributed by atoms with van der Waals surface area (Å²) in [5, 5.41) is 6.99. The van der Waals surface area contributed by atoms with E-state index in [-0.39, 0.29) is 41.1 Å². The molecule has 4 rings (SSSR count). The summed E-state index contributed by atoms with van der Waals surface area (Å²) in [4.78, 5) is 6.14. The fraction of sp³-hybridized carbons (Fsp3) is 0.650. The lowest BCUT2D eigenvalue weighted by Gasteiger charge is -2.55. The highest BCUT2D eigenvalue weighted by atomic mass is 127. The Morgan fingerprint density at radius 3 is 2.61 bits per heavy atom. The first kappa shape index (κ1) is 21.5. The number of nitrogens with one attached hydrogen (secondary N) is 2. The van der Waals surface area contributed by atoms with E-state index < -0.39 is 11.6 Å². The number of hydrogen-bond acceptors (Lipinski definition) is 3. The number of benzene rings is 1. The van der Waals surface area contributed by atoms with E-state index in [1.165, 1.54) is 18.2 Å². The maximum Gasteiger partial charge on any atom is 0.191 e. The predicted octanol–water partition coefficient (Wildman–Crippen LogP) is 3.14. The first-order valence-electron chi connectivity index (χ1n) is 9.72. The lowest BCUT2D eigenvalue weighted by atomic mass is 9.57. The molecule has 4 atom stereocenters. The van der Waals surface area contributed by atoms with Crippen molar-refractivity contribution in [3.05, 3.63) is 29.8 Å². The van der Waals surface area contributed by atoms with Crippen LogP contribution in [0.5, 0.6) is 0 Å². The van der Waals surface area contributed by atoms with Crippen LogP contribution in [0.1, 0.15) is 26.7 Å². The third-order valence-electron chi connectivity index (χ3n) is 6.40. The van der Waals surface area contributed by atoms with Gasteiger partial charge < -0.3 is 20.3 Å². The van der Waals surface area contributed by atoms with Crippen molar-refractivity contribution in [2.45, 2.75) is 44.9 Å². The molecule has 156 valence electrons. The molecular weight excluding hydrogens is 477 g/mol. The van der Waals surface area contributed by atoms with Crippen molar-refractivity contribution < 1.29 is 13.5 Å². The van der Waals surface area contributed by atoms with Gasteiger partial charge in [0.05, 0.1) is 6.10 Å². The van der Waals surface area contributed by atoms with Gasteiger partial charge in [-0.3, -0.25) is 4.99 Å². The number of hydrogen-bond donors (Lipinski definition) is 2. The van der Waals surface area contributed by atoms with Crippen LogP contribution >= 0.6 is 24.0 Å². The smallest absolute Gasteiger partial charge is 0.191 e. The van der Waals surface area contributed by atoms with Gasteiger partial charge in [0.25, 0.3) is 0 Å². The fourth-order valence-electron chi connectivity index (χ4n) is 5.00. The van der Waals surface area contributed by atoms with Gasteiger partial charge in [0.1, 0.15) is 17.3 Å². The maximum atomic E-state index is 14.0. The molecule has 0 bridgehead atoms. The maximum absolute atomic E-state index is 14.0. The molecule has 3 aliphatic rings. The molecule has 1 aliphatic carbocycles. The average molecular weight is 506 g/mol. The summed E-state index contributed by atoms with van der Waals surface area (Å²) in [6.07, 6.45) is 2.20. The summed E-state index contributed by atoms with van der Waals surface area (Å²) in [6.45, 7) is 6.43. The number of aliphatic imine (C=N–C) groups is 1. The second-order valence-corrected chi connectivity index (χ2v) is 8.41. The summed E-state index contributed by atoms with van der Waals surface area (Å²) in [5.41, 5.74) is 0.132. The molecule has 2 aliphatic heterocycles. The van der Waals surface area contributed by atoms with E-state index in [1.54, 1.807) is 11.9 Å². The molecule has 0 amide bonds. The molecule has 4 unspecified atom stereocenters. The number of halogens is 3. The minimum absolute atomic E-state index is 0. The summed E-state index contributed by atoms with van der Waals surface area (Å²) in [6, 6.07) is 4.41. The number of para-hydroxylation sites is 1. The third kappa shape index (κ3) is 3.69. The van der Waals surface area contributed by atoms with E-state index in [4.69, 9.17) is 4.74 Å². The molecular formula is C20H29F2IN4O. The van der Waals surface area contributed by atoms with Crippen LogP contribution in [0.3, 0.4) is 0 Å². The highest BCUT2D eigenvalue weighted by Gasteiger charge is 2.59. The first-order valence-corrected chi connectivity index (χ1v) is 9.72. The Kier molecular flexibility index (Phi) is 6.38. The summed E-state index contributed by atoms with van der Waals surface area (Å²) in [5.74, 6) is 0.244. The number of fused-ring (bicyclic) bond motifs is 1. The topological polar surface area (TPSA) is 48.9 Å². The molecule has 8 heteroatoms. The zero-order chi connectivity index (χ0) is 19.2. The van der Waals surface area contributed by atoms with Crippen LogP contribution in [0.15, 0.2) is 23.2 Å². The van der Waals surface area contributed by atoms with Crippen LogP contribution in [0.4, 0.5) is 14.5 Å². The van der Waals surface area contributed by atoms with E-state index >= 15 is 0 Å². The van der Waals surface area contributed by atoms with Gasteiger partial charge in [0, 0.05) is 50.2 Å². The van der Waals surface area contributed by atoms with Gasteiger partial charge in [0.15, 0.2) is 5.96 Å². The van der Waals surface area contributed by atoms with Gasteiger partial charge in [-0.2, -0.15) is 0 Å². The third-order valence-corrected chi connectivity index (χ3v) is 6.40. The second-order valence-electron chi connectivity index (χ2n) is 8.41. The standard InChI is InChI=1S/C20H28F2N4O.HI/c1-20(2)17(13-8-10-27-18(13)20)25-19(23-3)24-12-7-9-26(11-12)16-14(21)5-4-6-15(16)22;/h4-6,12-13,17-18H,7-11H2,1-3H3,(H2,23,24,25);1H. The average Bonchev–Trinajstić information content (AvgIpc) is 3.26. The molecule has 1 aromatic rings. The van der Waals surface area contributed by atoms with E-state index in [9.17, 15) is 8.78 Å². The molecule has 1 aromatic carbocycles. The van der Waals surface area contributed by atoms with Gasteiger partial charge in [-0.25, -0.2) is 8.78 Å². The van der Waals surface area contributed by atoms with Crippen LogP contribution < -0.4 is 15.5 Å². The highest BCUT2D eigenvalue weighted by Crippen LogP contribution is 2.52. The first-order chi connectivity index (χ1) is 12.9. The van der Waals surface area contributed by atoms with E-state index in [0.29, 0.717) is 31.2 Å². The number of anilines is 1. The quantitative estimate of drug-likeness (QED) is 0.376. The molecule has 2 N–H and O–H groups in total. The van der Waals surface area contributed by atoms with Gasteiger partial charge in [0.2, 0.25) is 0 Å². The largest absolute Gasteiger partial charge is 0.377 e. The van der Waals surface area contributed by atoms with Crippen molar-refractivity contribution in [3.63, 3.8) is 0 Å². The number of ether oxygens (including phenoxy) is 1. The molecule has 28 heavy (non-hydrogen) atoms. The van der Waals surface area contributed by atoms with Crippen molar-refractivity contribution in [1.29, 1.82) is 0 Å². The molecule has 2 heterocycles. The Bertz CT molecular complexity index is 725. The monoisotopic (exact) mass is 506 g/mol. The Morgan fingerprint density at radius 2 is 1.93 bits per heavy atom. The second kappa shape index (κ2) is 8.30. The Balaban J connectivity index is 0.00000225. The Labute approximate surface area is 182 Å². The van der Waals surface area contributed by atoms with E-state index in [1.807, 2.05) is 0 Å². The summed E-state index contributed by atoms with van der Waals surface area (Å²) in [7, 11) is 1.76. The molecule has 3 fully saturated rings. The van der Waals surface area contributed by atoms with Crippen LogP contribution in [0.25, 0.3) is 0 Å². The van der Waals surface area contributed by atoms with Crippen molar-refractivity contribution in [3.8, 4) is 0 Å². The highest BCUT2D eigenvalue weighted by molar-refractivity contribution is 14.0. The zero-order valence-corrected chi connectivity index (χ0v) is 18.9. The zero-order valence-electron chi connectivity index (χ0n) is 16.5. The van der Waals surface area contributed by atoms with Gasteiger partial charge in [-0.05, 0) is 25.0 Å². The van der Waals surface area contributed by atoms with E-state index in [0.717, 1.165) is 25.4 Å². The van der Waals surface area contributed by atoms with Crippen LogP contribution in [-0.4, -0.2) is 50.9 Å². The van der Waals surface area contributed by atoms with Crippen LogP contribution in [0, 0.1) is 23.0 Å². The lowest BCUT2D eigenvalue weighted by molar-refractivity contribution is -0.106. The van der Waals surface area contributed by atoms with Crippen molar-refractivity contribution in [2.75, 3.05) is 31.6 Å². The van der Waals surface area contributed by atoms with E-state index in [2.05, 4.69) is 29.5 Å². The number of nitrogens with zero attached hydrogens (tertiary/aromatic N) is 2. The number of rotatable bonds is 3. The lowest BCUT2D eigenvalue weighted by Crippen LogP contribution is -2.68. The van der Waals surface area contributed by atoms with Crippen molar-refractivity contribution in [2.24, 2.45) is 16.3 Å². The molecule has 0 aromatic heterocycles. The summed E-state index contributed by atoms with van der Waals surface area (Å²) >= 11 is 0. The molecule has 1 saturated carbocycles. The minimum Gasteiger partial charge on any atom is -0.377 e. The predicted molar refractivity (Wildman–Crippen MR) is 117 cm³/mol. The molecule has 0 radical (unpaired) electrons. The Morgan fingerprint density at radius 1 is 1.21 bits per heavy atom. The van der Waals surface area contributed by atoms with Crippen LogP contribution in [-0.2, 0) is 4.74 Å². The van der Waals surface area contributed by atoms with Gasteiger partial charge in [-0.1, -0.05) is 19.9 Å². The Hall–Kier alpha value is -1.16.